The number of nitrogens with one attached hydrogen (secondary N) is 1. The third-order valence-corrected chi connectivity index (χ3v) is 7.32. The predicted octanol–water partition coefficient (Wildman–Crippen LogP) is 1.22. The molecule has 0 bridgehead atoms. The zero-order valence-corrected chi connectivity index (χ0v) is 18.1. The molecule has 8 nitrogen and oxygen atoms in total. The number of sulfonamides is 1. The van der Waals surface area contributed by atoms with Gasteiger partial charge in [0.2, 0.25) is 10.0 Å². The van der Waals surface area contributed by atoms with E-state index in [2.05, 4.69) is 10.2 Å². The van der Waals surface area contributed by atoms with Gasteiger partial charge in [-0.05, 0) is 24.1 Å². The van der Waals surface area contributed by atoms with Gasteiger partial charge in [0.15, 0.2) is 0 Å². The predicted molar refractivity (Wildman–Crippen MR) is 112 cm³/mol. The Morgan fingerprint density at radius 2 is 1.76 bits per heavy atom. The molecule has 162 valence electrons. The molecule has 0 aromatic heterocycles. The molecular weight excluding hydrogens is 416 g/mol. The Morgan fingerprint density at radius 1 is 1.03 bits per heavy atom. The third kappa shape index (κ3) is 6.82. The number of nitrogens with zero attached hydrogens (tertiary/aromatic N) is 3. The quantitative estimate of drug-likeness (QED) is 0.713. The smallest absolute Gasteiger partial charge is 0.317 e. The minimum absolute atomic E-state index is 0.0880. The molecule has 10 heteroatoms. The standard InChI is InChI=1S/C19H29ClN4O4S/c20-18-4-2-17(3-5-18)16-22-7-1-8-23(10-9-22)19(25)21-6-15-29(26,27)24-11-13-28-14-12-24/h2-5H,1,6-16H2,(H,21,25). The van der Waals surface area contributed by atoms with E-state index in [0.717, 1.165) is 31.1 Å². The number of halogens is 1. The van der Waals surface area contributed by atoms with Crippen LogP contribution in [0.25, 0.3) is 0 Å². The molecule has 2 aliphatic heterocycles. The van der Waals surface area contributed by atoms with Crippen LogP contribution >= 0.6 is 11.6 Å². The van der Waals surface area contributed by atoms with Crippen LogP contribution in [0.3, 0.4) is 0 Å². The summed E-state index contributed by atoms with van der Waals surface area (Å²) in [5, 5.41) is 3.49. The fourth-order valence-electron chi connectivity index (χ4n) is 3.53. The van der Waals surface area contributed by atoms with E-state index in [1.807, 2.05) is 24.3 Å². The lowest BCUT2D eigenvalue weighted by molar-refractivity contribution is 0.0730. The molecule has 2 aliphatic rings. The van der Waals surface area contributed by atoms with Gasteiger partial charge in [-0.3, -0.25) is 4.90 Å². The Kier molecular flexibility index (Phi) is 8.14. The fraction of sp³-hybridized carbons (Fsp3) is 0.632. The van der Waals surface area contributed by atoms with E-state index in [1.165, 1.54) is 9.87 Å². The Hall–Kier alpha value is -1.39. The largest absolute Gasteiger partial charge is 0.379 e. The SMILES string of the molecule is O=C(NCCS(=O)(=O)N1CCOCC1)N1CCCN(Cc2ccc(Cl)cc2)CC1. The first-order valence-electron chi connectivity index (χ1n) is 9.99. The molecule has 2 amide bonds. The zero-order chi connectivity index (χ0) is 20.7. The molecule has 0 aliphatic carbocycles. The molecule has 29 heavy (non-hydrogen) atoms. The molecule has 3 rings (SSSR count). The van der Waals surface area contributed by atoms with Crippen LogP contribution in [0.15, 0.2) is 24.3 Å². The molecular formula is C19H29ClN4O4S. The van der Waals surface area contributed by atoms with Gasteiger partial charge in [0, 0.05) is 57.4 Å². The monoisotopic (exact) mass is 444 g/mol. The fourth-order valence-corrected chi connectivity index (χ4v) is 4.98. The van der Waals surface area contributed by atoms with Crippen molar-refractivity contribution in [3.8, 4) is 0 Å². The van der Waals surface area contributed by atoms with Gasteiger partial charge in [-0.25, -0.2) is 13.2 Å². The van der Waals surface area contributed by atoms with Crippen LogP contribution in [0.4, 0.5) is 4.79 Å². The average Bonchev–Trinajstić information content (AvgIpc) is 2.96. The van der Waals surface area contributed by atoms with Gasteiger partial charge in [0.1, 0.15) is 0 Å². The average molecular weight is 445 g/mol. The van der Waals surface area contributed by atoms with Crippen molar-refractivity contribution < 1.29 is 17.9 Å². The molecule has 0 atom stereocenters. The summed E-state index contributed by atoms with van der Waals surface area (Å²) in [5.74, 6) is -0.0880. The van der Waals surface area contributed by atoms with Gasteiger partial charge in [-0.2, -0.15) is 4.31 Å². The molecule has 2 saturated heterocycles. The highest BCUT2D eigenvalue weighted by Crippen LogP contribution is 2.13. The maximum atomic E-state index is 12.5. The lowest BCUT2D eigenvalue weighted by Crippen LogP contribution is -2.46. The van der Waals surface area contributed by atoms with Crippen LogP contribution in [-0.2, 0) is 21.3 Å². The van der Waals surface area contributed by atoms with Crippen molar-refractivity contribution in [3.63, 3.8) is 0 Å². The Bertz CT molecular complexity index is 769. The molecule has 1 aromatic carbocycles. The van der Waals surface area contributed by atoms with Gasteiger partial charge in [0.25, 0.3) is 0 Å². The van der Waals surface area contributed by atoms with E-state index in [9.17, 15) is 13.2 Å². The number of carbonyl (C=O) groups is 1. The topological polar surface area (TPSA) is 82.2 Å². The van der Waals surface area contributed by atoms with Gasteiger partial charge in [-0.15, -0.1) is 0 Å². The second kappa shape index (κ2) is 10.6. The van der Waals surface area contributed by atoms with Gasteiger partial charge in [-0.1, -0.05) is 23.7 Å². The number of hydrogen-bond donors (Lipinski definition) is 1. The molecule has 2 heterocycles. The van der Waals surface area contributed by atoms with E-state index in [0.29, 0.717) is 39.4 Å². The van der Waals surface area contributed by atoms with Crippen molar-refractivity contribution in [3.05, 3.63) is 34.9 Å². The van der Waals surface area contributed by atoms with E-state index in [1.54, 1.807) is 4.90 Å². The van der Waals surface area contributed by atoms with Crippen LogP contribution in [0.5, 0.6) is 0 Å². The first-order chi connectivity index (χ1) is 13.9. The van der Waals surface area contributed by atoms with Crippen LogP contribution in [0, 0.1) is 0 Å². The van der Waals surface area contributed by atoms with Gasteiger partial charge >= 0.3 is 6.03 Å². The lowest BCUT2D eigenvalue weighted by Gasteiger charge is -2.26. The van der Waals surface area contributed by atoms with Gasteiger partial charge in [0.05, 0.1) is 19.0 Å². The molecule has 1 N–H and O–H groups in total. The van der Waals surface area contributed by atoms with Gasteiger partial charge < -0.3 is 15.0 Å². The maximum absolute atomic E-state index is 12.5. The maximum Gasteiger partial charge on any atom is 0.317 e. The number of carbonyl (C=O) groups excluding carboxylic acids is 1. The van der Waals surface area contributed by atoms with Crippen molar-refractivity contribution in [2.75, 3.05) is 64.8 Å². The molecule has 0 unspecified atom stereocenters. The first-order valence-corrected chi connectivity index (χ1v) is 12.0. The van der Waals surface area contributed by atoms with E-state index >= 15 is 0 Å². The number of benzene rings is 1. The molecule has 1 aromatic rings. The Labute approximate surface area is 177 Å². The molecule has 2 fully saturated rings. The number of hydrogen-bond acceptors (Lipinski definition) is 5. The lowest BCUT2D eigenvalue weighted by atomic mass is 10.2. The summed E-state index contributed by atoms with van der Waals surface area (Å²) in [6.07, 6.45) is 0.882. The van der Waals surface area contributed by atoms with Crippen molar-refractivity contribution in [2.24, 2.45) is 0 Å². The number of amides is 2. The van der Waals surface area contributed by atoms with Crippen LogP contribution in [0.2, 0.25) is 5.02 Å². The van der Waals surface area contributed by atoms with Crippen LogP contribution in [0.1, 0.15) is 12.0 Å². The van der Waals surface area contributed by atoms with E-state index < -0.39 is 10.0 Å². The molecule has 0 saturated carbocycles. The highest BCUT2D eigenvalue weighted by Gasteiger charge is 2.25. The zero-order valence-electron chi connectivity index (χ0n) is 16.6. The third-order valence-electron chi connectivity index (χ3n) is 5.19. The Morgan fingerprint density at radius 3 is 2.48 bits per heavy atom. The van der Waals surface area contributed by atoms with Crippen molar-refractivity contribution >= 4 is 27.7 Å². The second-order valence-corrected chi connectivity index (χ2v) is 9.83. The number of morpholine rings is 1. The summed E-state index contributed by atoms with van der Waals surface area (Å²) in [6, 6.07) is 7.62. The summed E-state index contributed by atoms with van der Waals surface area (Å²) in [7, 11) is -3.36. The summed E-state index contributed by atoms with van der Waals surface area (Å²) < 4.78 is 31.3. The van der Waals surface area contributed by atoms with E-state index in [4.69, 9.17) is 16.3 Å². The summed E-state index contributed by atoms with van der Waals surface area (Å²) in [4.78, 5) is 16.6. The van der Waals surface area contributed by atoms with Crippen LogP contribution < -0.4 is 5.32 Å². The van der Waals surface area contributed by atoms with Crippen LogP contribution in [-0.4, -0.2) is 93.3 Å². The summed E-state index contributed by atoms with van der Waals surface area (Å²) in [5.41, 5.74) is 1.20. The molecule has 0 radical (unpaired) electrons. The number of rotatable bonds is 6. The minimum Gasteiger partial charge on any atom is -0.379 e. The second-order valence-electron chi connectivity index (χ2n) is 7.30. The van der Waals surface area contributed by atoms with Crippen molar-refractivity contribution in [1.29, 1.82) is 0 Å². The number of urea groups is 1. The van der Waals surface area contributed by atoms with Crippen molar-refractivity contribution in [2.45, 2.75) is 13.0 Å². The highest BCUT2D eigenvalue weighted by atomic mass is 35.5. The summed E-state index contributed by atoms with van der Waals surface area (Å²) in [6.45, 7) is 5.53. The van der Waals surface area contributed by atoms with Crippen molar-refractivity contribution in [1.82, 2.24) is 19.4 Å². The molecule has 0 spiro atoms. The highest BCUT2D eigenvalue weighted by molar-refractivity contribution is 7.89. The minimum atomic E-state index is -3.36. The number of ether oxygens (including phenoxy) is 1. The van der Waals surface area contributed by atoms with E-state index in [-0.39, 0.29) is 18.3 Å². The first kappa shape index (κ1) is 22.3. The Balaban J connectivity index is 1.41. The summed E-state index contributed by atoms with van der Waals surface area (Å²) >= 11 is 5.94. The normalized spacial score (nSPS) is 19.7.